The molecule has 0 aromatic heterocycles. The summed E-state index contributed by atoms with van der Waals surface area (Å²) < 4.78 is 27.7. The van der Waals surface area contributed by atoms with Crippen molar-refractivity contribution in [3.8, 4) is 17.2 Å². The Hall–Kier alpha value is -3.78. The number of carbonyl (C=O) groups excluding carboxylic acids is 2. The lowest BCUT2D eigenvalue weighted by Crippen LogP contribution is -2.50. The number of carbonyl (C=O) groups is 2. The first-order chi connectivity index (χ1) is 17.4. The Morgan fingerprint density at radius 2 is 1.56 bits per heavy atom. The molecule has 0 saturated heterocycles. The molecule has 2 aromatic rings. The summed E-state index contributed by atoms with van der Waals surface area (Å²) in [5.74, 6) is 1.36. The largest absolute Gasteiger partial charge is 0.497 e. The van der Waals surface area contributed by atoms with Crippen molar-refractivity contribution in [1.82, 2.24) is 4.90 Å². The minimum absolute atomic E-state index is 0.111. The van der Waals surface area contributed by atoms with Crippen LogP contribution >= 0.6 is 0 Å². The van der Waals surface area contributed by atoms with E-state index in [4.69, 9.17) is 23.7 Å². The molecule has 8 heteroatoms. The maximum absolute atomic E-state index is 12.6. The Labute approximate surface area is 213 Å². The predicted octanol–water partition coefficient (Wildman–Crippen LogP) is 4.19. The smallest absolute Gasteiger partial charge is 0.330 e. The summed E-state index contributed by atoms with van der Waals surface area (Å²) in [6.45, 7) is 7.86. The molecule has 0 N–H and O–H groups in total. The lowest BCUT2D eigenvalue weighted by atomic mass is 10.1. The van der Waals surface area contributed by atoms with Crippen LogP contribution in [0.5, 0.6) is 17.2 Å². The number of hydrogen-bond donors (Lipinski definition) is 0. The van der Waals surface area contributed by atoms with Crippen molar-refractivity contribution in [2.75, 3.05) is 34.0 Å². The SMILES string of the molecule is C=CCN(C(C)=O)[C@H](COc1ccc(OC)cc1)[C@@H](/C=C/C(=O)OCC)OCc1ccc(OC)cc1. The van der Waals surface area contributed by atoms with Gasteiger partial charge in [-0.3, -0.25) is 4.79 Å². The third-order valence-electron chi connectivity index (χ3n) is 5.30. The quantitative estimate of drug-likeness (QED) is 0.207. The topological polar surface area (TPSA) is 83.5 Å². The molecule has 0 fully saturated rings. The molecule has 0 aliphatic carbocycles. The first-order valence-corrected chi connectivity index (χ1v) is 11.7. The summed E-state index contributed by atoms with van der Waals surface area (Å²) in [6, 6.07) is 14.0. The van der Waals surface area contributed by atoms with E-state index in [0.717, 1.165) is 11.3 Å². The van der Waals surface area contributed by atoms with Gasteiger partial charge in [0.25, 0.3) is 0 Å². The van der Waals surface area contributed by atoms with Gasteiger partial charge in [-0.05, 0) is 55.0 Å². The van der Waals surface area contributed by atoms with Crippen LogP contribution in [0.4, 0.5) is 0 Å². The lowest BCUT2D eigenvalue weighted by molar-refractivity contribution is -0.137. The number of rotatable bonds is 15. The molecule has 8 nitrogen and oxygen atoms in total. The van der Waals surface area contributed by atoms with Crippen LogP contribution in [-0.4, -0.2) is 62.9 Å². The van der Waals surface area contributed by atoms with Crippen LogP contribution in [0.1, 0.15) is 19.4 Å². The number of hydrogen-bond acceptors (Lipinski definition) is 7. The van der Waals surface area contributed by atoms with Crippen molar-refractivity contribution in [1.29, 1.82) is 0 Å². The zero-order valence-corrected chi connectivity index (χ0v) is 21.3. The van der Waals surface area contributed by atoms with Crippen LogP contribution in [0.15, 0.2) is 73.3 Å². The lowest BCUT2D eigenvalue weighted by Gasteiger charge is -2.34. The molecule has 0 saturated carbocycles. The number of esters is 1. The van der Waals surface area contributed by atoms with E-state index in [1.54, 1.807) is 62.5 Å². The fraction of sp³-hybridized carbons (Fsp3) is 0.357. The van der Waals surface area contributed by atoms with E-state index in [-0.39, 0.29) is 32.3 Å². The maximum atomic E-state index is 12.6. The molecule has 1 amide bonds. The van der Waals surface area contributed by atoms with E-state index in [1.165, 1.54) is 13.0 Å². The van der Waals surface area contributed by atoms with Gasteiger partial charge in [-0.25, -0.2) is 4.79 Å². The minimum Gasteiger partial charge on any atom is -0.497 e. The summed E-state index contributed by atoms with van der Waals surface area (Å²) in [6.07, 6.45) is 3.87. The normalized spacial score (nSPS) is 12.4. The summed E-state index contributed by atoms with van der Waals surface area (Å²) in [5.41, 5.74) is 0.901. The van der Waals surface area contributed by atoms with E-state index in [2.05, 4.69) is 6.58 Å². The van der Waals surface area contributed by atoms with Gasteiger partial charge < -0.3 is 28.6 Å². The standard InChI is InChI=1S/C28H35NO7/c1-6-18-29(21(3)30)26(20-35-25-14-12-24(33-5)13-15-25)27(16-17-28(31)34-7-2)36-19-22-8-10-23(32-4)11-9-22/h6,8-17,26-27H,1,7,18-20H2,2-5H3/b17-16+/t26-,27-/m1/s1. The third kappa shape index (κ3) is 9.11. The average Bonchev–Trinajstić information content (AvgIpc) is 2.89. The highest BCUT2D eigenvalue weighted by Gasteiger charge is 2.29. The minimum atomic E-state index is -0.682. The molecular weight excluding hydrogens is 462 g/mol. The van der Waals surface area contributed by atoms with Gasteiger partial charge in [-0.2, -0.15) is 0 Å². The summed E-state index contributed by atoms with van der Waals surface area (Å²) in [7, 11) is 3.19. The van der Waals surface area contributed by atoms with Crippen LogP contribution in [0.2, 0.25) is 0 Å². The second-order valence-corrected chi connectivity index (χ2v) is 7.75. The number of amides is 1. The second-order valence-electron chi connectivity index (χ2n) is 7.75. The van der Waals surface area contributed by atoms with Crippen molar-refractivity contribution in [2.45, 2.75) is 32.6 Å². The van der Waals surface area contributed by atoms with Gasteiger partial charge in [-0.1, -0.05) is 18.2 Å². The van der Waals surface area contributed by atoms with Gasteiger partial charge in [0.2, 0.25) is 5.91 Å². The van der Waals surface area contributed by atoms with Crippen LogP contribution in [0.3, 0.4) is 0 Å². The van der Waals surface area contributed by atoms with E-state index in [9.17, 15) is 9.59 Å². The molecule has 0 unspecified atom stereocenters. The molecule has 194 valence electrons. The van der Waals surface area contributed by atoms with Gasteiger partial charge >= 0.3 is 5.97 Å². The van der Waals surface area contributed by atoms with Gasteiger partial charge in [0.05, 0.1) is 33.5 Å². The Bertz CT molecular complexity index is 986. The van der Waals surface area contributed by atoms with Gasteiger partial charge in [0.15, 0.2) is 0 Å². The second kappa shape index (κ2) is 15.3. The molecule has 2 atom stereocenters. The molecule has 0 radical (unpaired) electrons. The Morgan fingerprint density at radius 1 is 0.972 bits per heavy atom. The third-order valence-corrected chi connectivity index (χ3v) is 5.30. The van der Waals surface area contributed by atoms with Gasteiger partial charge in [-0.15, -0.1) is 6.58 Å². The van der Waals surface area contributed by atoms with Gasteiger partial charge in [0.1, 0.15) is 30.0 Å². The molecule has 2 rings (SSSR count). The highest BCUT2D eigenvalue weighted by molar-refractivity contribution is 5.82. The highest BCUT2D eigenvalue weighted by Crippen LogP contribution is 2.20. The molecule has 0 aliphatic rings. The Morgan fingerprint density at radius 3 is 2.08 bits per heavy atom. The Kier molecular flexibility index (Phi) is 12.1. The zero-order valence-electron chi connectivity index (χ0n) is 21.3. The average molecular weight is 498 g/mol. The monoisotopic (exact) mass is 497 g/mol. The van der Waals surface area contributed by atoms with Crippen LogP contribution in [-0.2, 0) is 25.7 Å². The van der Waals surface area contributed by atoms with Crippen LogP contribution in [0.25, 0.3) is 0 Å². The maximum Gasteiger partial charge on any atom is 0.330 e. The number of benzene rings is 2. The zero-order chi connectivity index (χ0) is 26.3. The van der Waals surface area contributed by atoms with Crippen LogP contribution < -0.4 is 14.2 Å². The molecule has 36 heavy (non-hydrogen) atoms. The van der Waals surface area contributed by atoms with E-state index in [1.807, 2.05) is 24.3 Å². The molecule has 2 aromatic carbocycles. The predicted molar refractivity (Wildman–Crippen MR) is 137 cm³/mol. The molecular formula is C28H35NO7. The van der Waals surface area contributed by atoms with Crippen molar-refractivity contribution >= 4 is 11.9 Å². The van der Waals surface area contributed by atoms with Crippen molar-refractivity contribution in [3.05, 3.63) is 78.9 Å². The summed E-state index contributed by atoms with van der Waals surface area (Å²) in [5, 5.41) is 0. The fourth-order valence-corrected chi connectivity index (χ4v) is 3.43. The summed E-state index contributed by atoms with van der Waals surface area (Å²) in [4.78, 5) is 26.2. The van der Waals surface area contributed by atoms with Crippen molar-refractivity contribution < 1.29 is 33.3 Å². The molecule has 0 spiro atoms. The first kappa shape index (κ1) is 28.5. The number of methoxy groups -OCH3 is 2. The van der Waals surface area contributed by atoms with E-state index < -0.39 is 18.1 Å². The number of ether oxygens (including phenoxy) is 5. The Balaban J connectivity index is 2.32. The number of nitrogens with zero attached hydrogens (tertiary/aromatic N) is 1. The van der Waals surface area contributed by atoms with Crippen molar-refractivity contribution in [3.63, 3.8) is 0 Å². The fourth-order valence-electron chi connectivity index (χ4n) is 3.43. The molecule has 0 aliphatic heterocycles. The van der Waals surface area contributed by atoms with E-state index >= 15 is 0 Å². The molecule has 0 heterocycles. The molecule has 0 bridgehead atoms. The first-order valence-electron chi connectivity index (χ1n) is 11.7. The van der Waals surface area contributed by atoms with E-state index in [0.29, 0.717) is 11.5 Å². The highest BCUT2D eigenvalue weighted by atomic mass is 16.5. The summed E-state index contributed by atoms with van der Waals surface area (Å²) >= 11 is 0. The van der Waals surface area contributed by atoms with Crippen LogP contribution in [0, 0.1) is 0 Å². The van der Waals surface area contributed by atoms with Crippen molar-refractivity contribution in [2.24, 2.45) is 0 Å². The van der Waals surface area contributed by atoms with Gasteiger partial charge in [0, 0.05) is 19.5 Å².